The Bertz CT molecular complexity index is 399. The van der Waals surface area contributed by atoms with E-state index in [1.165, 1.54) is 12.1 Å². The fourth-order valence-electron chi connectivity index (χ4n) is 1.06. The highest BCUT2D eigenvalue weighted by atomic mass is 16.4. The van der Waals surface area contributed by atoms with Crippen molar-refractivity contribution in [2.45, 2.75) is 6.92 Å². The molecule has 0 aliphatic heterocycles. The number of amides is 1. The van der Waals surface area contributed by atoms with E-state index >= 15 is 0 Å². The first kappa shape index (κ1) is 10.0. The zero-order valence-electron chi connectivity index (χ0n) is 7.69. The third-order valence-corrected chi connectivity index (χ3v) is 1.81. The van der Waals surface area contributed by atoms with Crippen LogP contribution in [0.1, 0.15) is 22.8 Å². The second kappa shape index (κ2) is 3.78. The van der Waals surface area contributed by atoms with Crippen molar-refractivity contribution in [2.24, 2.45) is 10.9 Å². The minimum absolute atomic E-state index is 0.294. The van der Waals surface area contributed by atoms with E-state index in [0.717, 1.165) is 0 Å². The summed E-state index contributed by atoms with van der Waals surface area (Å²) in [7, 11) is 0. The molecule has 0 fully saturated rings. The second-order valence-electron chi connectivity index (χ2n) is 2.89. The van der Waals surface area contributed by atoms with Crippen LogP contribution in [-0.4, -0.2) is 16.8 Å². The molecule has 5 nitrogen and oxygen atoms in total. The SMILES string of the molecule is C/C(=N/O)c1cc(N)cc(C(N)=O)c1. The summed E-state index contributed by atoms with van der Waals surface area (Å²) in [5, 5.41) is 11.5. The average Bonchev–Trinajstić information content (AvgIpc) is 2.15. The fourth-order valence-corrected chi connectivity index (χ4v) is 1.06. The minimum Gasteiger partial charge on any atom is -0.411 e. The number of primary amides is 1. The van der Waals surface area contributed by atoms with E-state index in [0.29, 0.717) is 22.5 Å². The first-order valence-corrected chi connectivity index (χ1v) is 3.94. The van der Waals surface area contributed by atoms with Crippen LogP contribution in [0.4, 0.5) is 5.69 Å². The highest BCUT2D eigenvalue weighted by Gasteiger charge is 2.05. The standard InChI is InChI=1S/C9H11N3O2/c1-5(12-14)6-2-7(9(11)13)4-8(10)3-6/h2-4,14H,10H2,1H3,(H2,11,13)/b12-5-. The third-order valence-electron chi connectivity index (χ3n) is 1.81. The molecule has 5 heteroatoms. The van der Waals surface area contributed by atoms with Crippen molar-refractivity contribution < 1.29 is 10.0 Å². The van der Waals surface area contributed by atoms with Gasteiger partial charge in [0.2, 0.25) is 5.91 Å². The molecule has 0 radical (unpaired) electrons. The molecule has 74 valence electrons. The van der Waals surface area contributed by atoms with Gasteiger partial charge in [-0.3, -0.25) is 4.79 Å². The maximum absolute atomic E-state index is 10.9. The number of oxime groups is 1. The molecule has 5 N–H and O–H groups in total. The molecule has 0 aromatic heterocycles. The van der Waals surface area contributed by atoms with Crippen molar-refractivity contribution in [3.8, 4) is 0 Å². The lowest BCUT2D eigenvalue weighted by Gasteiger charge is -2.03. The van der Waals surface area contributed by atoms with Gasteiger partial charge in [0.05, 0.1) is 5.71 Å². The lowest BCUT2D eigenvalue weighted by Crippen LogP contribution is -2.12. The topological polar surface area (TPSA) is 102 Å². The summed E-state index contributed by atoms with van der Waals surface area (Å²) in [5.41, 5.74) is 12.3. The maximum Gasteiger partial charge on any atom is 0.248 e. The van der Waals surface area contributed by atoms with Gasteiger partial charge in [-0.2, -0.15) is 0 Å². The predicted molar refractivity (Wildman–Crippen MR) is 53.4 cm³/mol. The fraction of sp³-hybridized carbons (Fsp3) is 0.111. The molecule has 1 amide bonds. The van der Waals surface area contributed by atoms with Gasteiger partial charge in [-0.15, -0.1) is 0 Å². The van der Waals surface area contributed by atoms with Crippen LogP contribution in [0.2, 0.25) is 0 Å². The van der Waals surface area contributed by atoms with E-state index in [9.17, 15) is 4.79 Å². The van der Waals surface area contributed by atoms with Crippen molar-refractivity contribution in [1.82, 2.24) is 0 Å². The van der Waals surface area contributed by atoms with Gasteiger partial charge in [0.15, 0.2) is 0 Å². The number of carbonyl (C=O) groups excluding carboxylic acids is 1. The summed E-state index contributed by atoms with van der Waals surface area (Å²) in [6.07, 6.45) is 0. The number of nitrogens with zero attached hydrogens (tertiary/aromatic N) is 1. The molecule has 0 saturated heterocycles. The Kier molecular flexibility index (Phi) is 2.71. The number of rotatable bonds is 2. The summed E-state index contributed by atoms with van der Waals surface area (Å²) >= 11 is 0. The second-order valence-corrected chi connectivity index (χ2v) is 2.89. The Balaban J connectivity index is 3.27. The van der Waals surface area contributed by atoms with Crippen molar-refractivity contribution in [3.63, 3.8) is 0 Å². The van der Waals surface area contributed by atoms with Crippen LogP contribution >= 0.6 is 0 Å². The molecular formula is C9H11N3O2. The number of anilines is 1. The molecule has 0 unspecified atom stereocenters. The van der Waals surface area contributed by atoms with Gasteiger partial charge in [0.1, 0.15) is 0 Å². The van der Waals surface area contributed by atoms with Crippen LogP contribution in [0.15, 0.2) is 23.4 Å². The van der Waals surface area contributed by atoms with E-state index in [-0.39, 0.29) is 0 Å². The van der Waals surface area contributed by atoms with E-state index in [1.54, 1.807) is 13.0 Å². The molecular weight excluding hydrogens is 182 g/mol. The smallest absolute Gasteiger partial charge is 0.248 e. The zero-order valence-corrected chi connectivity index (χ0v) is 7.69. The van der Waals surface area contributed by atoms with Gasteiger partial charge in [-0.1, -0.05) is 5.16 Å². The number of nitrogens with two attached hydrogens (primary N) is 2. The minimum atomic E-state index is -0.565. The van der Waals surface area contributed by atoms with Crippen LogP contribution in [0, 0.1) is 0 Å². The van der Waals surface area contributed by atoms with Crippen LogP contribution in [0.5, 0.6) is 0 Å². The molecule has 0 saturated carbocycles. The number of carbonyl (C=O) groups is 1. The van der Waals surface area contributed by atoms with Crippen molar-refractivity contribution >= 4 is 17.3 Å². The molecule has 1 aromatic carbocycles. The summed E-state index contributed by atoms with van der Waals surface area (Å²) in [4.78, 5) is 10.9. The Hall–Kier alpha value is -2.04. The first-order chi connectivity index (χ1) is 6.54. The number of hydrogen-bond acceptors (Lipinski definition) is 4. The summed E-state index contributed by atoms with van der Waals surface area (Å²) in [5.74, 6) is -0.565. The largest absolute Gasteiger partial charge is 0.411 e. The Morgan fingerprint density at radius 1 is 1.36 bits per heavy atom. The maximum atomic E-state index is 10.9. The Labute approximate surface area is 81.0 Å². The molecule has 0 bridgehead atoms. The molecule has 14 heavy (non-hydrogen) atoms. The van der Waals surface area contributed by atoms with Crippen LogP contribution in [0.3, 0.4) is 0 Å². The highest BCUT2D eigenvalue weighted by molar-refractivity contribution is 6.02. The van der Waals surface area contributed by atoms with E-state index < -0.39 is 5.91 Å². The van der Waals surface area contributed by atoms with Crippen LogP contribution in [0.25, 0.3) is 0 Å². The van der Waals surface area contributed by atoms with E-state index in [1.807, 2.05) is 0 Å². The molecule has 1 rings (SSSR count). The number of hydrogen-bond donors (Lipinski definition) is 3. The Morgan fingerprint density at radius 2 is 1.93 bits per heavy atom. The molecule has 0 heterocycles. The van der Waals surface area contributed by atoms with Crippen LogP contribution < -0.4 is 11.5 Å². The summed E-state index contributed by atoms with van der Waals surface area (Å²) in [6, 6.07) is 4.59. The van der Waals surface area contributed by atoms with Gasteiger partial charge >= 0.3 is 0 Å². The van der Waals surface area contributed by atoms with Crippen molar-refractivity contribution in [2.75, 3.05) is 5.73 Å². The molecule has 0 aliphatic rings. The van der Waals surface area contributed by atoms with Gasteiger partial charge in [-0.05, 0) is 25.1 Å². The normalized spacial score (nSPS) is 11.4. The number of benzene rings is 1. The monoisotopic (exact) mass is 193 g/mol. The summed E-state index contributed by atoms with van der Waals surface area (Å²) in [6.45, 7) is 1.60. The van der Waals surface area contributed by atoms with Crippen molar-refractivity contribution in [3.05, 3.63) is 29.3 Å². The quantitative estimate of drug-likeness (QED) is 0.277. The van der Waals surface area contributed by atoms with Gasteiger partial charge < -0.3 is 16.7 Å². The first-order valence-electron chi connectivity index (χ1n) is 3.94. The van der Waals surface area contributed by atoms with E-state index in [2.05, 4.69) is 5.16 Å². The lowest BCUT2D eigenvalue weighted by molar-refractivity contribution is 0.100. The summed E-state index contributed by atoms with van der Waals surface area (Å²) < 4.78 is 0. The average molecular weight is 193 g/mol. The van der Waals surface area contributed by atoms with Gasteiger partial charge in [0.25, 0.3) is 0 Å². The molecule has 0 aliphatic carbocycles. The zero-order chi connectivity index (χ0) is 10.7. The third kappa shape index (κ3) is 2.01. The van der Waals surface area contributed by atoms with Gasteiger partial charge in [0, 0.05) is 16.8 Å². The molecule has 1 aromatic rings. The highest BCUT2D eigenvalue weighted by Crippen LogP contribution is 2.12. The number of nitrogen functional groups attached to an aromatic ring is 1. The lowest BCUT2D eigenvalue weighted by atomic mass is 10.1. The van der Waals surface area contributed by atoms with Crippen molar-refractivity contribution in [1.29, 1.82) is 0 Å². The van der Waals surface area contributed by atoms with Gasteiger partial charge in [-0.25, -0.2) is 0 Å². The molecule has 0 atom stereocenters. The molecule has 0 spiro atoms. The van der Waals surface area contributed by atoms with E-state index in [4.69, 9.17) is 16.7 Å². The predicted octanol–water partition coefficient (Wildman–Crippen LogP) is 0.566. The Morgan fingerprint density at radius 3 is 2.43 bits per heavy atom. The van der Waals surface area contributed by atoms with Crippen LogP contribution in [-0.2, 0) is 0 Å².